The van der Waals surface area contributed by atoms with Gasteiger partial charge in [0.05, 0.1) is 12.1 Å². The molecule has 2 aromatic heterocycles. The first-order valence-electron chi connectivity index (χ1n) is 12.3. The molecule has 38 heavy (non-hydrogen) atoms. The monoisotopic (exact) mass is 512 g/mol. The van der Waals surface area contributed by atoms with Crippen LogP contribution in [-0.4, -0.2) is 57.6 Å². The lowest BCUT2D eigenvalue weighted by Crippen LogP contribution is -2.57. The highest BCUT2D eigenvalue weighted by atomic mass is 16.2. The Balaban J connectivity index is 1.48. The molecule has 0 aliphatic carbocycles. The minimum atomic E-state index is -0.963. The van der Waals surface area contributed by atoms with Crippen LogP contribution in [-0.2, 0) is 29.0 Å². The fourth-order valence-corrected chi connectivity index (χ4v) is 5.00. The van der Waals surface area contributed by atoms with Gasteiger partial charge in [0.25, 0.3) is 11.8 Å². The number of para-hydroxylation sites is 1. The smallest absolute Gasteiger partial charge is 0.265 e. The third kappa shape index (κ3) is 4.75. The normalized spacial score (nSPS) is 15.5. The lowest BCUT2D eigenvalue weighted by molar-refractivity contribution is -0.143. The fourth-order valence-electron chi connectivity index (χ4n) is 5.00. The summed E-state index contributed by atoms with van der Waals surface area (Å²) in [6.45, 7) is 0.193. The van der Waals surface area contributed by atoms with E-state index >= 15 is 0 Å². The Morgan fingerprint density at radius 3 is 2.53 bits per heavy atom. The molecule has 0 unspecified atom stereocenters. The van der Waals surface area contributed by atoms with Crippen molar-refractivity contribution in [2.75, 3.05) is 7.05 Å². The number of aromatic amines is 2. The number of fused-ring (bicyclic) bond motifs is 3. The van der Waals surface area contributed by atoms with Gasteiger partial charge in [-0.25, -0.2) is 0 Å². The molecule has 2 atom stereocenters. The average molecular weight is 513 g/mol. The molecule has 1 aliphatic heterocycles. The van der Waals surface area contributed by atoms with E-state index in [1.807, 2.05) is 54.6 Å². The van der Waals surface area contributed by atoms with Gasteiger partial charge in [0.1, 0.15) is 17.8 Å². The number of benzene rings is 2. The van der Waals surface area contributed by atoms with Crippen molar-refractivity contribution in [1.29, 1.82) is 0 Å². The van der Waals surface area contributed by atoms with Crippen LogP contribution >= 0.6 is 0 Å². The highest BCUT2D eigenvalue weighted by Crippen LogP contribution is 2.31. The summed E-state index contributed by atoms with van der Waals surface area (Å²) in [6, 6.07) is 16.8. The zero-order valence-corrected chi connectivity index (χ0v) is 20.8. The quantitative estimate of drug-likeness (QED) is 0.255. The van der Waals surface area contributed by atoms with E-state index in [1.165, 1.54) is 17.2 Å². The van der Waals surface area contributed by atoms with Crippen molar-refractivity contribution in [3.8, 4) is 0 Å². The number of hydrogen-bond acceptors (Lipinski definition) is 4. The Kier molecular flexibility index (Phi) is 6.69. The van der Waals surface area contributed by atoms with E-state index in [-0.39, 0.29) is 36.0 Å². The number of carbonyl (C=O) groups is 4. The largest absolute Gasteiger partial charge is 0.364 e. The molecule has 194 valence electrons. The second-order valence-corrected chi connectivity index (χ2v) is 9.31. The molecule has 4 amide bonds. The van der Waals surface area contributed by atoms with Crippen LogP contribution in [0, 0.1) is 0 Å². The SMILES string of the molecule is CNC(=O)[C@H]1Cc2c([nH]c3ccccc23)CN1C(=O)[C@@H](Cc1ccccc1)NC(=O)c1c[nH]c(C(N)=O)c1. The topological polar surface area (TPSA) is 153 Å². The summed E-state index contributed by atoms with van der Waals surface area (Å²) in [4.78, 5) is 59.2. The van der Waals surface area contributed by atoms with Crippen molar-refractivity contribution in [2.45, 2.75) is 31.5 Å². The maximum Gasteiger partial charge on any atom is 0.265 e. The third-order valence-corrected chi connectivity index (χ3v) is 6.93. The first kappa shape index (κ1) is 24.8. The molecule has 0 bridgehead atoms. The molecule has 10 nitrogen and oxygen atoms in total. The number of carbonyl (C=O) groups excluding carboxylic acids is 4. The number of rotatable bonds is 7. The predicted octanol–water partition coefficient (Wildman–Crippen LogP) is 1.64. The van der Waals surface area contributed by atoms with E-state index in [4.69, 9.17) is 5.73 Å². The summed E-state index contributed by atoms with van der Waals surface area (Å²) < 4.78 is 0. The highest BCUT2D eigenvalue weighted by molar-refractivity contribution is 6.01. The molecule has 6 N–H and O–H groups in total. The molecule has 0 saturated carbocycles. The molecule has 3 heterocycles. The minimum absolute atomic E-state index is 0.0862. The van der Waals surface area contributed by atoms with Gasteiger partial charge in [0.2, 0.25) is 11.8 Å². The van der Waals surface area contributed by atoms with Crippen LogP contribution < -0.4 is 16.4 Å². The summed E-state index contributed by atoms with van der Waals surface area (Å²) in [5.41, 5.74) is 9.21. The van der Waals surface area contributed by atoms with Crippen molar-refractivity contribution in [3.63, 3.8) is 0 Å². The molecule has 0 radical (unpaired) electrons. The molecule has 4 aromatic rings. The molecule has 10 heteroatoms. The fraction of sp³-hybridized carbons (Fsp3) is 0.214. The van der Waals surface area contributed by atoms with Crippen LogP contribution in [0.4, 0.5) is 0 Å². The summed E-state index contributed by atoms with van der Waals surface area (Å²) >= 11 is 0. The Hall–Kier alpha value is -4.86. The molecule has 1 aliphatic rings. The van der Waals surface area contributed by atoms with Gasteiger partial charge < -0.3 is 31.2 Å². The number of nitrogens with one attached hydrogen (secondary N) is 4. The number of nitrogens with zero attached hydrogens (tertiary/aromatic N) is 1. The first-order valence-corrected chi connectivity index (χ1v) is 12.3. The van der Waals surface area contributed by atoms with Crippen molar-refractivity contribution in [2.24, 2.45) is 5.73 Å². The molecule has 0 saturated heterocycles. The van der Waals surface area contributed by atoms with E-state index in [0.29, 0.717) is 6.42 Å². The Bertz CT molecular complexity index is 1520. The summed E-state index contributed by atoms with van der Waals surface area (Å²) in [7, 11) is 1.54. The van der Waals surface area contributed by atoms with Crippen LogP contribution in [0.25, 0.3) is 10.9 Å². The number of hydrogen-bond donors (Lipinski definition) is 5. The lowest BCUT2D eigenvalue weighted by Gasteiger charge is -2.37. The number of aromatic nitrogens is 2. The standard InChI is InChI=1S/C28H28N6O4/c1-30-27(37)24-13-19-18-9-5-6-10-20(18)32-23(19)15-34(24)28(38)22(11-16-7-3-2-4-8-16)33-26(36)17-12-21(25(29)35)31-14-17/h2-10,12,14,22,24,31-32H,11,13,15H2,1H3,(H2,29,35)(H,30,37)(H,33,36)/t22-,24-/m1/s1. The van der Waals surface area contributed by atoms with E-state index < -0.39 is 23.9 Å². The zero-order valence-electron chi connectivity index (χ0n) is 20.8. The summed E-state index contributed by atoms with van der Waals surface area (Å²) in [6.07, 6.45) is 1.93. The van der Waals surface area contributed by atoms with Gasteiger partial charge in [-0.1, -0.05) is 48.5 Å². The van der Waals surface area contributed by atoms with Crippen molar-refractivity contribution >= 4 is 34.5 Å². The van der Waals surface area contributed by atoms with Gasteiger partial charge in [0.15, 0.2) is 0 Å². The second-order valence-electron chi connectivity index (χ2n) is 9.31. The first-order chi connectivity index (χ1) is 18.4. The van der Waals surface area contributed by atoms with Crippen LogP contribution in [0.5, 0.6) is 0 Å². The Labute approximate surface area is 218 Å². The van der Waals surface area contributed by atoms with E-state index in [9.17, 15) is 19.2 Å². The van der Waals surface area contributed by atoms with E-state index in [1.54, 1.807) is 7.05 Å². The molecule has 5 rings (SSSR count). The van der Waals surface area contributed by atoms with Gasteiger partial charge in [-0.15, -0.1) is 0 Å². The van der Waals surface area contributed by atoms with E-state index in [2.05, 4.69) is 20.6 Å². The van der Waals surface area contributed by atoms with Gasteiger partial charge >= 0.3 is 0 Å². The third-order valence-electron chi connectivity index (χ3n) is 6.93. The van der Waals surface area contributed by atoms with Gasteiger partial charge in [-0.2, -0.15) is 0 Å². The molecule has 0 fully saturated rings. The Morgan fingerprint density at radius 1 is 1.08 bits per heavy atom. The molecular formula is C28H28N6O4. The maximum atomic E-state index is 14.1. The van der Waals surface area contributed by atoms with Crippen molar-refractivity contribution < 1.29 is 19.2 Å². The van der Waals surface area contributed by atoms with Crippen LogP contribution in [0.1, 0.15) is 37.7 Å². The summed E-state index contributed by atoms with van der Waals surface area (Å²) in [5, 5.41) is 6.52. The zero-order chi connectivity index (χ0) is 26.8. The van der Waals surface area contributed by atoms with Crippen LogP contribution in [0.15, 0.2) is 66.9 Å². The van der Waals surface area contributed by atoms with Gasteiger partial charge in [0, 0.05) is 42.7 Å². The average Bonchev–Trinajstić information content (AvgIpc) is 3.57. The lowest BCUT2D eigenvalue weighted by atomic mass is 9.94. The Morgan fingerprint density at radius 2 is 1.82 bits per heavy atom. The van der Waals surface area contributed by atoms with Gasteiger partial charge in [-0.05, 0) is 23.3 Å². The maximum absolute atomic E-state index is 14.1. The predicted molar refractivity (Wildman–Crippen MR) is 141 cm³/mol. The van der Waals surface area contributed by atoms with Crippen LogP contribution in [0.3, 0.4) is 0 Å². The minimum Gasteiger partial charge on any atom is -0.364 e. The number of amides is 4. The number of primary amides is 1. The van der Waals surface area contributed by atoms with Crippen molar-refractivity contribution in [1.82, 2.24) is 25.5 Å². The van der Waals surface area contributed by atoms with Crippen LogP contribution in [0.2, 0.25) is 0 Å². The highest BCUT2D eigenvalue weighted by Gasteiger charge is 2.39. The second kappa shape index (κ2) is 10.3. The number of nitrogens with two attached hydrogens (primary N) is 1. The van der Waals surface area contributed by atoms with Crippen molar-refractivity contribution in [3.05, 3.63) is 94.9 Å². The summed E-state index contributed by atoms with van der Waals surface area (Å²) in [5.74, 6) is -1.90. The molecule has 0 spiro atoms. The van der Waals surface area contributed by atoms with Gasteiger partial charge in [-0.3, -0.25) is 19.2 Å². The number of H-pyrrole nitrogens is 2. The molecule has 2 aromatic carbocycles. The number of likely N-dealkylation sites (N-methyl/N-ethyl adjacent to an activating group) is 1. The molecular weight excluding hydrogens is 484 g/mol. The van der Waals surface area contributed by atoms with E-state index in [0.717, 1.165) is 27.7 Å².